The molecule has 8 heteroatoms. The van der Waals surface area contributed by atoms with Crippen molar-refractivity contribution in [3.05, 3.63) is 137 Å². The van der Waals surface area contributed by atoms with Crippen LogP contribution < -0.4 is 20.9 Å². The Balaban J connectivity index is 1.86. The Kier molecular flexibility index (Phi) is 9.75. The minimum Gasteiger partial charge on any atom is -0.397 e. The maximum atomic E-state index is 14.6. The van der Waals surface area contributed by atoms with E-state index in [9.17, 15) is 14.4 Å². The summed E-state index contributed by atoms with van der Waals surface area (Å²) in [5.41, 5.74) is 0.228. The summed E-state index contributed by atoms with van der Waals surface area (Å²) in [6, 6.07) is 36.0. The molecule has 1 atom stereocenters. The summed E-state index contributed by atoms with van der Waals surface area (Å²) in [5, 5.41) is 3.02. The maximum absolute atomic E-state index is 14.6. The fourth-order valence-electron chi connectivity index (χ4n) is 6.12. The first-order valence-corrected chi connectivity index (χ1v) is 18.0. The molecule has 0 saturated carbocycles. The molecule has 0 bridgehead atoms. The van der Waals surface area contributed by atoms with Crippen LogP contribution in [0.4, 0.5) is 0 Å². The second-order valence-electron chi connectivity index (χ2n) is 13.5. The Morgan fingerprint density at radius 3 is 1.72 bits per heavy atom. The lowest BCUT2D eigenvalue weighted by molar-refractivity contribution is -0.122. The number of hydrogen-bond acceptors (Lipinski definition) is 5. The van der Waals surface area contributed by atoms with Crippen LogP contribution in [0, 0.1) is 11.8 Å². The summed E-state index contributed by atoms with van der Waals surface area (Å²) in [7, 11) is -3.18. The zero-order valence-corrected chi connectivity index (χ0v) is 29.2. The Morgan fingerprint density at radius 1 is 0.745 bits per heavy atom. The molecular weight excluding hydrogens is 603 g/mol. The third kappa shape index (κ3) is 6.35. The topological polar surface area (TPSA) is 81.5 Å². The van der Waals surface area contributed by atoms with Gasteiger partial charge in [0.05, 0.1) is 10.9 Å². The number of benzene rings is 4. The van der Waals surface area contributed by atoms with Crippen LogP contribution in [0.15, 0.2) is 120 Å². The van der Waals surface area contributed by atoms with Crippen molar-refractivity contribution in [3.63, 3.8) is 0 Å². The van der Waals surface area contributed by atoms with Gasteiger partial charge in [-0.1, -0.05) is 139 Å². The molecule has 0 aliphatic carbocycles. The lowest BCUT2D eigenvalue weighted by Crippen LogP contribution is -2.67. The number of aromatic nitrogens is 2. The van der Waals surface area contributed by atoms with Gasteiger partial charge in [0.25, 0.3) is 25.7 Å². The molecule has 0 radical (unpaired) electrons. The zero-order valence-electron chi connectivity index (χ0n) is 28.2. The smallest absolute Gasteiger partial charge is 0.281 e. The van der Waals surface area contributed by atoms with Gasteiger partial charge in [-0.3, -0.25) is 14.4 Å². The van der Waals surface area contributed by atoms with Crippen LogP contribution in [0.1, 0.15) is 70.8 Å². The number of hydrogen-bond donors (Lipinski definition) is 0. The van der Waals surface area contributed by atoms with Gasteiger partial charge in [-0.05, 0) is 45.6 Å². The SMILES string of the molecule is CC(C)C(=O)N(C(=O)c1ccccc1)n1c([C@@H](O[Si](c2ccccc2)(c2ccccc2)C(C)(C)C)C(C)C)nc2ccccc2c1=O. The largest absolute Gasteiger partial charge is 0.397 e. The van der Waals surface area contributed by atoms with Crippen molar-refractivity contribution < 1.29 is 14.0 Å². The molecule has 1 aromatic heterocycles. The molecular formula is C39H43N3O4Si. The number of fused-ring (bicyclic) bond motifs is 1. The molecule has 0 N–H and O–H groups in total. The van der Waals surface area contributed by atoms with Crippen LogP contribution in [-0.2, 0) is 9.22 Å². The number of amides is 2. The van der Waals surface area contributed by atoms with Crippen molar-refractivity contribution in [1.29, 1.82) is 0 Å². The van der Waals surface area contributed by atoms with Crippen LogP contribution in [0.2, 0.25) is 5.04 Å². The molecule has 4 aromatic carbocycles. The number of para-hydroxylation sites is 1. The molecule has 0 aliphatic rings. The van der Waals surface area contributed by atoms with Crippen molar-refractivity contribution in [2.45, 2.75) is 59.6 Å². The third-order valence-corrected chi connectivity index (χ3v) is 13.5. The lowest BCUT2D eigenvalue weighted by Gasteiger charge is -2.46. The zero-order chi connectivity index (χ0) is 33.9. The number of carbonyl (C=O) groups is 2. The highest BCUT2D eigenvalue weighted by Crippen LogP contribution is 2.41. The third-order valence-electron chi connectivity index (χ3n) is 8.48. The fraction of sp³-hybridized carbons (Fsp3) is 0.282. The minimum atomic E-state index is -3.18. The monoisotopic (exact) mass is 645 g/mol. The number of nitrogens with zero attached hydrogens (tertiary/aromatic N) is 3. The van der Waals surface area contributed by atoms with E-state index in [2.05, 4.69) is 45.0 Å². The van der Waals surface area contributed by atoms with Crippen LogP contribution in [0.25, 0.3) is 10.9 Å². The molecule has 0 unspecified atom stereocenters. The van der Waals surface area contributed by atoms with E-state index in [1.54, 1.807) is 62.4 Å². The number of imide groups is 1. The quantitative estimate of drug-likeness (QED) is 0.168. The lowest BCUT2D eigenvalue weighted by atomic mass is 10.1. The summed E-state index contributed by atoms with van der Waals surface area (Å²) in [6.07, 6.45) is -0.787. The van der Waals surface area contributed by atoms with E-state index in [0.29, 0.717) is 10.9 Å². The van der Waals surface area contributed by atoms with Gasteiger partial charge in [0.1, 0.15) is 6.10 Å². The summed E-state index contributed by atoms with van der Waals surface area (Å²) < 4.78 is 8.79. The van der Waals surface area contributed by atoms with E-state index < -0.39 is 37.7 Å². The van der Waals surface area contributed by atoms with Crippen LogP contribution in [0.5, 0.6) is 0 Å². The van der Waals surface area contributed by atoms with E-state index in [4.69, 9.17) is 9.41 Å². The Bertz CT molecular complexity index is 1880. The summed E-state index contributed by atoms with van der Waals surface area (Å²) in [6.45, 7) is 14.0. The number of carbonyl (C=O) groups excluding carboxylic acids is 2. The predicted molar refractivity (Wildman–Crippen MR) is 191 cm³/mol. The second kappa shape index (κ2) is 13.6. The Hall–Kier alpha value is -4.66. The molecule has 5 rings (SSSR count). The van der Waals surface area contributed by atoms with Crippen molar-refractivity contribution >= 4 is 41.4 Å². The summed E-state index contributed by atoms with van der Waals surface area (Å²) >= 11 is 0. The van der Waals surface area contributed by atoms with E-state index in [1.807, 2.05) is 56.3 Å². The van der Waals surface area contributed by atoms with E-state index in [1.165, 1.54) is 4.68 Å². The van der Waals surface area contributed by atoms with Gasteiger partial charge in [-0.15, -0.1) is 0 Å². The van der Waals surface area contributed by atoms with Crippen molar-refractivity contribution in [2.24, 2.45) is 11.8 Å². The molecule has 7 nitrogen and oxygen atoms in total. The van der Waals surface area contributed by atoms with Gasteiger partial charge < -0.3 is 4.43 Å². The normalized spacial score (nSPS) is 12.8. The highest BCUT2D eigenvalue weighted by Gasteiger charge is 2.52. The fourth-order valence-corrected chi connectivity index (χ4v) is 10.9. The minimum absolute atomic E-state index is 0.204. The van der Waals surface area contributed by atoms with Gasteiger partial charge in [0.15, 0.2) is 5.82 Å². The van der Waals surface area contributed by atoms with Crippen LogP contribution in [-0.4, -0.2) is 29.8 Å². The molecule has 0 saturated heterocycles. The van der Waals surface area contributed by atoms with Gasteiger partial charge >= 0.3 is 0 Å². The van der Waals surface area contributed by atoms with Crippen molar-refractivity contribution in [2.75, 3.05) is 5.01 Å². The van der Waals surface area contributed by atoms with Gasteiger partial charge in [0, 0.05) is 11.5 Å². The first kappa shape index (κ1) is 33.7. The average molecular weight is 646 g/mol. The van der Waals surface area contributed by atoms with Crippen molar-refractivity contribution in [3.8, 4) is 0 Å². The standard InChI is InChI=1S/C39H43N3O4Si/c1-27(2)34(46-47(39(5,6)7,30-21-13-9-14-22-30)31-23-15-10-16-24-31)35-40-33-26-18-17-25-32(33)38(45)41(35)42(36(43)28(3)4)37(44)29-19-11-8-12-20-29/h8-28,34H,1-7H3/t34-/m0/s1. The summed E-state index contributed by atoms with van der Waals surface area (Å²) in [4.78, 5) is 48.0. The van der Waals surface area contributed by atoms with E-state index in [-0.39, 0.29) is 22.3 Å². The molecule has 0 spiro atoms. The van der Waals surface area contributed by atoms with E-state index >= 15 is 0 Å². The van der Waals surface area contributed by atoms with Crippen LogP contribution in [0.3, 0.4) is 0 Å². The molecule has 242 valence electrons. The maximum Gasteiger partial charge on any atom is 0.281 e. The molecule has 2 amide bonds. The van der Waals surface area contributed by atoms with E-state index in [0.717, 1.165) is 15.4 Å². The average Bonchev–Trinajstić information content (AvgIpc) is 3.06. The summed E-state index contributed by atoms with van der Waals surface area (Å²) in [5.74, 6) is -1.73. The highest BCUT2D eigenvalue weighted by molar-refractivity contribution is 6.99. The molecule has 0 fully saturated rings. The van der Waals surface area contributed by atoms with Gasteiger partial charge in [0.2, 0.25) is 0 Å². The highest BCUT2D eigenvalue weighted by atomic mass is 28.4. The molecule has 1 heterocycles. The Morgan fingerprint density at radius 2 is 1.23 bits per heavy atom. The van der Waals surface area contributed by atoms with Gasteiger partial charge in [-0.25, -0.2) is 4.98 Å². The molecule has 5 aromatic rings. The molecule has 0 aliphatic heterocycles. The predicted octanol–water partition coefficient (Wildman–Crippen LogP) is 6.63. The Labute approximate surface area is 278 Å². The van der Waals surface area contributed by atoms with Gasteiger partial charge in [-0.2, -0.15) is 9.69 Å². The van der Waals surface area contributed by atoms with Crippen molar-refractivity contribution in [1.82, 2.24) is 9.66 Å². The first-order chi connectivity index (χ1) is 22.4. The second-order valence-corrected chi connectivity index (χ2v) is 17.8. The van der Waals surface area contributed by atoms with Crippen LogP contribution >= 0.6 is 0 Å². The first-order valence-electron chi connectivity index (χ1n) is 16.1. The number of rotatable bonds is 9. The molecule has 47 heavy (non-hydrogen) atoms.